The van der Waals surface area contributed by atoms with E-state index in [2.05, 4.69) is 4.90 Å². The van der Waals surface area contributed by atoms with Gasteiger partial charge in [-0.1, -0.05) is 31.5 Å². The van der Waals surface area contributed by atoms with Crippen molar-refractivity contribution >= 4 is 20.6 Å². The molecule has 5 rings (SSSR count). The SMILES string of the molecule is CCS(=O)(=O)c1ccc(-c2ccc3cc(OC)ccc3c2Oc2ccc(OCCN3CCCCC3)cc2)cc1. The van der Waals surface area contributed by atoms with Crippen LogP contribution in [0, 0.1) is 0 Å². The number of benzene rings is 4. The maximum atomic E-state index is 12.3. The van der Waals surface area contributed by atoms with E-state index >= 15 is 0 Å². The van der Waals surface area contributed by atoms with E-state index in [1.807, 2.05) is 66.7 Å². The van der Waals surface area contributed by atoms with Gasteiger partial charge in [0.05, 0.1) is 17.8 Å². The van der Waals surface area contributed by atoms with E-state index in [4.69, 9.17) is 14.2 Å². The van der Waals surface area contributed by atoms with Crippen LogP contribution in [0.2, 0.25) is 0 Å². The Morgan fingerprint density at radius 3 is 2.18 bits per heavy atom. The Morgan fingerprint density at radius 2 is 1.49 bits per heavy atom. The molecule has 0 radical (unpaired) electrons. The lowest BCUT2D eigenvalue weighted by Crippen LogP contribution is -2.33. The average Bonchev–Trinajstić information content (AvgIpc) is 2.98. The van der Waals surface area contributed by atoms with Gasteiger partial charge in [0.1, 0.15) is 29.6 Å². The van der Waals surface area contributed by atoms with Gasteiger partial charge in [0, 0.05) is 17.5 Å². The maximum absolute atomic E-state index is 12.3. The Kier molecular flexibility index (Phi) is 8.38. The van der Waals surface area contributed by atoms with Gasteiger partial charge in [-0.2, -0.15) is 0 Å². The Morgan fingerprint density at radius 1 is 0.795 bits per heavy atom. The van der Waals surface area contributed by atoms with Gasteiger partial charge >= 0.3 is 0 Å². The van der Waals surface area contributed by atoms with Gasteiger partial charge in [-0.3, -0.25) is 4.90 Å². The summed E-state index contributed by atoms with van der Waals surface area (Å²) >= 11 is 0. The molecule has 1 fully saturated rings. The highest BCUT2D eigenvalue weighted by atomic mass is 32.2. The number of likely N-dealkylation sites (tertiary alicyclic amines) is 1. The van der Waals surface area contributed by atoms with Gasteiger partial charge in [0.25, 0.3) is 0 Å². The van der Waals surface area contributed by atoms with Crippen molar-refractivity contribution < 1.29 is 22.6 Å². The molecule has 1 saturated heterocycles. The van der Waals surface area contributed by atoms with Crippen LogP contribution >= 0.6 is 0 Å². The number of methoxy groups -OCH3 is 1. The molecule has 1 aliphatic heterocycles. The number of hydrogen-bond acceptors (Lipinski definition) is 6. The summed E-state index contributed by atoms with van der Waals surface area (Å²) in [4.78, 5) is 2.78. The second kappa shape index (κ2) is 12.1. The molecule has 0 aromatic heterocycles. The van der Waals surface area contributed by atoms with E-state index in [9.17, 15) is 8.42 Å². The van der Waals surface area contributed by atoms with Gasteiger partial charge < -0.3 is 14.2 Å². The minimum atomic E-state index is -3.28. The van der Waals surface area contributed by atoms with Gasteiger partial charge in [-0.05, 0) is 97.5 Å². The normalized spacial score (nSPS) is 14.3. The summed E-state index contributed by atoms with van der Waals surface area (Å²) in [5, 5.41) is 1.91. The molecule has 6 nitrogen and oxygen atoms in total. The van der Waals surface area contributed by atoms with Gasteiger partial charge in [0.15, 0.2) is 9.84 Å². The molecule has 0 aliphatic carbocycles. The molecule has 0 atom stereocenters. The van der Waals surface area contributed by atoms with Crippen LogP contribution in [-0.4, -0.2) is 52.4 Å². The van der Waals surface area contributed by atoms with E-state index in [0.29, 0.717) is 23.0 Å². The highest BCUT2D eigenvalue weighted by Crippen LogP contribution is 2.41. The molecule has 4 aromatic carbocycles. The smallest absolute Gasteiger partial charge is 0.178 e. The van der Waals surface area contributed by atoms with Gasteiger partial charge in [-0.25, -0.2) is 8.42 Å². The monoisotopic (exact) mass is 545 g/mol. The Labute approximate surface area is 231 Å². The van der Waals surface area contributed by atoms with E-state index < -0.39 is 9.84 Å². The Hall–Kier alpha value is -3.55. The summed E-state index contributed by atoms with van der Waals surface area (Å²) in [6.07, 6.45) is 3.88. The van der Waals surface area contributed by atoms with Crippen molar-refractivity contribution in [1.29, 1.82) is 0 Å². The van der Waals surface area contributed by atoms with E-state index in [1.54, 1.807) is 26.2 Å². The summed E-state index contributed by atoms with van der Waals surface area (Å²) < 4.78 is 42.5. The van der Waals surface area contributed by atoms with E-state index in [-0.39, 0.29) is 5.75 Å². The highest BCUT2D eigenvalue weighted by Gasteiger charge is 2.16. The van der Waals surface area contributed by atoms with Crippen LogP contribution in [0.4, 0.5) is 0 Å². The fourth-order valence-electron chi connectivity index (χ4n) is 4.95. The van der Waals surface area contributed by atoms with Crippen molar-refractivity contribution in [2.45, 2.75) is 31.1 Å². The third-order valence-corrected chi connectivity index (χ3v) is 9.00. The predicted octanol–water partition coefficient (Wildman–Crippen LogP) is 6.97. The van der Waals surface area contributed by atoms with Crippen LogP contribution in [0.1, 0.15) is 26.2 Å². The maximum Gasteiger partial charge on any atom is 0.178 e. The van der Waals surface area contributed by atoms with Crippen molar-refractivity contribution in [2.75, 3.05) is 39.1 Å². The van der Waals surface area contributed by atoms with Crippen LogP contribution in [0.5, 0.6) is 23.0 Å². The van der Waals surface area contributed by atoms with E-state index in [1.165, 1.54) is 19.3 Å². The second-order valence-corrected chi connectivity index (χ2v) is 12.1. The zero-order valence-electron chi connectivity index (χ0n) is 22.6. The number of hydrogen-bond donors (Lipinski definition) is 0. The molecular formula is C32H35NO5S. The van der Waals surface area contributed by atoms with Crippen LogP contribution in [0.3, 0.4) is 0 Å². The van der Waals surface area contributed by atoms with Crippen LogP contribution in [0.15, 0.2) is 83.8 Å². The van der Waals surface area contributed by atoms with Gasteiger partial charge in [-0.15, -0.1) is 0 Å². The van der Waals surface area contributed by atoms with Crippen LogP contribution < -0.4 is 14.2 Å². The molecule has 0 bridgehead atoms. The standard InChI is InChI=1S/C32H35NO5S/c1-3-39(34,35)29-15-7-24(8-16-29)30-17-9-25-23-28(36-2)14-18-31(25)32(30)38-27-12-10-26(11-13-27)37-22-21-33-19-5-4-6-20-33/h7-18,23H,3-6,19-22H2,1-2H3. The lowest BCUT2D eigenvalue weighted by molar-refractivity contribution is 0.183. The van der Waals surface area contributed by atoms with Crippen molar-refractivity contribution in [2.24, 2.45) is 0 Å². The molecule has 0 unspecified atom stereocenters. The van der Waals surface area contributed by atoms with Crippen molar-refractivity contribution in [3.63, 3.8) is 0 Å². The van der Waals surface area contributed by atoms with Crippen LogP contribution in [0.25, 0.3) is 21.9 Å². The first kappa shape index (κ1) is 27.0. The number of nitrogens with zero attached hydrogens (tertiary/aromatic N) is 1. The number of rotatable bonds is 10. The number of ether oxygens (including phenoxy) is 3. The Bertz CT molecular complexity index is 1510. The van der Waals surface area contributed by atoms with Crippen molar-refractivity contribution in [3.8, 4) is 34.1 Å². The summed E-state index contributed by atoms with van der Waals surface area (Å²) in [6.45, 7) is 5.58. The fraction of sp³-hybridized carbons (Fsp3) is 0.312. The Balaban J connectivity index is 1.40. The largest absolute Gasteiger partial charge is 0.497 e. The molecular weight excluding hydrogens is 510 g/mol. The molecule has 7 heteroatoms. The first-order valence-corrected chi connectivity index (χ1v) is 15.2. The second-order valence-electron chi connectivity index (χ2n) is 9.78. The number of fused-ring (bicyclic) bond motifs is 1. The lowest BCUT2D eigenvalue weighted by atomic mass is 9.99. The molecule has 0 saturated carbocycles. The summed E-state index contributed by atoms with van der Waals surface area (Å²) in [7, 11) is -1.63. The molecule has 0 amide bonds. The fourth-order valence-corrected chi connectivity index (χ4v) is 5.83. The molecule has 0 spiro atoms. The number of sulfone groups is 1. The summed E-state index contributed by atoms with van der Waals surface area (Å²) in [6, 6.07) is 24.6. The van der Waals surface area contributed by atoms with Crippen molar-refractivity contribution in [3.05, 3.63) is 78.9 Å². The van der Waals surface area contributed by atoms with E-state index in [0.717, 1.165) is 53.0 Å². The number of piperidine rings is 1. The van der Waals surface area contributed by atoms with Crippen molar-refractivity contribution in [1.82, 2.24) is 4.90 Å². The molecule has 4 aromatic rings. The topological polar surface area (TPSA) is 65.1 Å². The minimum Gasteiger partial charge on any atom is -0.497 e. The summed E-state index contributed by atoms with van der Waals surface area (Å²) in [5.74, 6) is 3.03. The average molecular weight is 546 g/mol. The molecule has 1 aliphatic rings. The minimum absolute atomic E-state index is 0.0660. The molecule has 1 heterocycles. The zero-order chi connectivity index (χ0) is 27.2. The van der Waals surface area contributed by atoms with Gasteiger partial charge in [0.2, 0.25) is 0 Å². The lowest BCUT2D eigenvalue weighted by Gasteiger charge is -2.26. The molecule has 39 heavy (non-hydrogen) atoms. The summed E-state index contributed by atoms with van der Waals surface area (Å²) in [5.41, 5.74) is 1.74. The predicted molar refractivity (Wildman–Crippen MR) is 156 cm³/mol. The quantitative estimate of drug-likeness (QED) is 0.215. The third-order valence-electron chi connectivity index (χ3n) is 7.25. The zero-order valence-corrected chi connectivity index (χ0v) is 23.4. The molecule has 204 valence electrons. The highest BCUT2D eigenvalue weighted by molar-refractivity contribution is 7.91. The third kappa shape index (κ3) is 6.37. The molecule has 0 N–H and O–H groups in total. The first-order valence-electron chi connectivity index (χ1n) is 13.5. The van der Waals surface area contributed by atoms with Crippen LogP contribution in [-0.2, 0) is 9.84 Å². The first-order chi connectivity index (χ1) is 19.0.